The zero-order valence-corrected chi connectivity index (χ0v) is 38.6. The molecular weight excluding hydrogens is 847 g/mol. The summed E-state index contributed by atoms with van der Waals surface area (Å²) in [7, 11) is 0. The first-order chi connectivity index (χ1) is 34.6. The van der Waals surface area contributed by atoms with E-state index in [1.54, 1.807) is 0 Å². The first-order valence-corrected chi connectivity index (χ1v) is 24.2. The summed E-state index contributed by atoms with van der Waals surface area (Å²) in [6.45, 7) is 2.23. The molecule has 0 radical (unpaired) electrons. The van der Waals surface area contributed by atoms with Crippen molar-refractivity contribution in [3.63, 3.8) is 0 Å². The second-order valence-corrected chi connectivity index (χ2v) is 18.6. The van der Waals surface area contributed by atoms with E-state index in [-0.39, 0.29) is 0 Å². The molecule has 0 aliphatic carbocycles. The molecule has 0 saturated carbocycles. The number of hydrogen-bond donors (Lipinski definition) is 0. The topological polar surface area (TPSA) is 14.8 Å². The number of aryl methyl sites for hydroxylation is 1. The van der Waals surface area contributed by atoms with Crippen LogP contribution in [-0.2, 0) is 0 Å². The Bertz CT molecular complexity index is 4170. The molecule has 3 aromatic heterocycles. The quantitative estimate of drug-likeness (QED) is 0.151. The lowest BCUT2D eigenvalue weighted by Gasteiger charge is -2.14. The molecule has 0 spiro atoms. The normalized spacial score (nSPS) is 11.8. The fraction of sp³-hybridized carbons (Fsp3) is 0.0149. The number of rotatable bonds is 7. The molecule has 0 atom stereocenters. The first-order valence-electron chi connectivity index (χ1n) is 24.2. The fourth-order valence-electron chi connectivity index (χ4n) is 11.3. The molecule has 0 bridgehead atoms. The lowest BCUT2D eigenvalue weighted by atomic mass is 9.90. The minimum atomic E-state index is 1.16. The first kappa shape index (κ1) is 39.9. The van der Waals surface area contributed by atoms with Crippen molar-refractivity contribution in [2.75, 3.05) is 0 Å². The lowest BCUT2D eigenvalue weighted by Crippen LogP contribution is -1.93. The van der Waals surface area contributed by atoms with Crippen LogP contribution in [0.3, 0.4) is 0 Å². The van der Waals surface area contributed by atoms with Gasteiger partial charge < -0.3 is 13.7 Å². The molecule has 14 aromatic rings. The van der Waals surface area contributed by atoms with Crippen LogP contribution in [0.1, 0.15) is 5.56 Å². The number of fused-ring (bicyclic) bond motifs is 9. The molecule has 0 N–H and O–H groups in total. The van der Waals surface area contributed by atoms with Gasteiger partial charge in [0.2, 0.25) is 0 Å². The predicted molar refractivity (Wildman–Crippen MR) is 296 cm³/mol. The summed E-state index contributed by atoms with van der Waals surface area (Å²) in [6.07, 6.45) is 0. The summed E-state index contributed by atoms with van der Waals surface area (Å²) in [5, 5.41) is 7.46. The van der Waals surface area contributed by atoms with Crippen molar-refractivity contribution >= 4 is 65.4 Å². The van der Waals surface area contributed by atoms with E-state index in [1.807, 2.05) is 0 Å². The smallest absolute Gasteiger partial charge is 0.0541 e. The third kappa shape index (κ3) is 6.43. The highest BCUT2D eigenvalue weighted by atomic mass is 15.0. The summed E-state index contributed by atoms with van der Waals surface area (Å²) >= 11 is 0. The number of nitrogens with zero attached hydrogens (tertiary/aromatic N) is 3. The largest absolute Gasteiger partial charge is 0.309 e. The molecule has 0 fully saturated rings. The maximum atomic E-state index is 2.40. The maximum absolute atomic E-state index is 2.40. The van der Waals surface area contributed by atoms with Crippen LogP contribution in [-0.4, -0.2) is 13.7 Å². The molecule has 0 amide bonds. The van der Waals surface area contributed by atoms with Gasteiger partial charge in [0.05, 0.1) is 33.1 Å². The Kier molecular flexibility index (Phi) is 9.11. The van der Waals surface area contributed by atoms with Crippen LogP contribution in [0.15, 0.2) is 255 Å². The molecule has 3 heteroatoms. The van der Waals surface area contributed by atoms with Crippen molar-refractivity contribution < 1.29 is 0 Å². The fourth-order valence-corrected chi connectivity index (χ4v) is 11.3. The van der Waals surface area contributed by atoms with Crippen molar-refractivity contribution in [3.05, 3.63) is 260 Å². The summed E-state index contributed by atoms with van der Waals surface area (Å²) in [5.41, 5.74) is 21.4. The van der Waals surface area contributed by atoms with Crippen LogP contribution < -0.4 is 0 Å². The molecule has 70 heavy (non-hydrogen) atoms. The molecule has 0 unspecified atom stereocenters. The van der Waals surface area contributed by atoms with E-state index in [1.165, 1.54) is 115 Å². The summed E-state index contributed by atoms with van der Waals surface area (Å²) in [5.74, 6) is 0. The molecular formula is C67H45N3. The van der Waals surface area contributed by atoms with Crippen molar-refractivity contribution in [2.24, 2.45) is 0 Å². The maximum Gasteiger partial charge on any atom is 0.0541 e. The Morgan fingerprint density at radius 1 is 0.200 bits per heavy atom. The number of hydrogen-bond acceptors (Lipinski definition) is 0. The molecule has 3 heterocycles. The van der Waals surface area contributed by atoms with E-state index in [9.17, 15) is 0 Å². The number of benzene rings is 11. The van der Waals surface area contributed by atoms with Gasteiger partial charge in [0.15, 0.2) is 0 Å². The van der Waals surface area contributed by atoms with E-state index < -0.39 is 0 Å². The van der Waals surface area contributed by atoms with Gasteiger partial charge in [-0.15, -0.1) is 0 Å². The highest BCUT2D eigenvalue weighted by Gasteiger charge is 2.18. The third-order valence-electron chi connectivity index (χ3n) is 14.4. The van der Waals surface area contributed by atoms with Gasteiger partial charge in [-0.3, -0.25) is 0 Å². The Morgan fingerprint density at radius 2 is 0.457 bits per heavy atom. The van der Waals surface area contributed by atoms with E-state index in [0.29, 0.717) is 0 Å². The molecule has 11 aromatic carbocycles. The van der Waals surface area contributed by atoms with Crippen LogP contribution in [0, 0.1) is 6.92 Å². The zero-order valence-electron chi connectivity index (χ0n) is 38.6. The minimum absolute atomic E-state index is 1.16. The van der Waals surface area contributed by atoms with E-state index >= 15 is 0 Å². The SMILES string of the molecule is Cc1cc(-c2cc(-c3ccc4c(c3)c3ccccc3n4-c3ccccc3)cc(-c3ccc4c(c3)c3ccccc3n4-c3ccccc3)c2)cc(-c2ccc3c(c2)c2ccccc2n3-c2ccccc2)c1. The van der Waals surface area contributed by atoms with E-state index in [0.717, 1.165) is 17.1 Å². The molecule has 14 rings (SSSR count). The van der Waals surface area contributed by atoms with Gasteiger partial charge in [0, 0.05) is 49.4 Å². The predicted octanol–water partition coefficient (Wildman–Crippen LogP) is 18.0. The summed E-state index contributed by atoms with van der Waals surface area (Å²) in [6, 6.07) is 93.8. The zero-order chi connectivity index (χ0) is 46.3. The van der Waals surface area contributed by atoms with Crippen molar-refractivity contribution in [2.45, 2.75) is 6.92 Å². The molecule has 0 aliphatic heterocycles. The van der Waals surface area contributed by atoms with Crippen molar-refractivity contribution in [3.8, 4) is 61.6 Å². The average molecular weight is 892 g/mol. The van der Waals surface area contributed by atoms with Crippen LogP contribution in [0.2, 0.25) is 0 Å². The number of para-hydroxylation sites is 6. The van der Waals surface area contributed by atoms with Crippen LogP contribution in [0.25, 0.3) is 127 Å². The van der Waals surface area contributed by atoms with Crippen molar-refractivity contribution in [1.82, 2.24) is 13.7 Å². The van der Waals surface area contributed by atoms with E-state index in [2.05, 4.69) is 275 Å². The molecule has 328 valence electrons. The highest BCUT2D eigenvalue weighted by Crippen LogP contribution is 2.42. The Labute approximate surface area is 406 Å². The Hall–Kier alpha value is -9.18. The third-order valence-corrected chi connectivity index (χ3v) is 14.4. The van der Waals surface area contributed by atoms with Gasteiger partial charge in [-0.1, -0.05) is 140 Å². The standard InChI is InChI=1S/C67H45N3/c1-44-35-48(45-29-32-65-59(41-45)56-23-11-14-26-62(56)68(65)53-17-5-2-6-18-53)37-49(36-44)52-39-50(46-30-33-66-60(42-46)57-24-12-15-27-63(57)69(66)54-19-7-3-8-20-54)38-51(40-52)47-31-34-67-61(43-47)58-25-13-16-28-64(58)70(67)55-21-9-4-10-22-55/h2-43H,1H3. The minimum Gasteiger partial charge on any atom is -0.309 e. The van der Waals surface area contributed by atoms with Gasteiger partial charge in [-0.05, 0) is 172 Å². The van der Waals surface area contributed by atoms with Crippen molar-refractivity contribution in [1.29, 1.82) is 0 Å². The highest BCUT2D eigenvalue weighted by molar-refractivity contribution is 6.13. The second-order valence-electron chi connectivity index (χ2n) is 18.6. The molecule has 0 saturated heterocycles. The monoisotopic (exact) mass is 891 g/mol. The summed E-state index contributed by atoms with van der Waals surface area (Å²) in [4.78, 5) is 0. The van der Waals surface area contributed by atoms with Crippen LogP contribution in [0.5, 0.6) is 0 Å². The van der Waals surface area contributed by atoms with E-state index in [4.69, 9.17) is 0 Å². The van der Waals surface area contributed by atoms with Crippen LogP contribution >= 0.6 is 0 Å². The second kappa shape index (κ2) is 16.0. The van der Waals surface area contributed by atoms with Gasteiger partial charge >= 0.3 is 0 Å². The molecule has 3 nitrogen and oxygen atoms in total. The summed E-state index contributed by atoms with van der Waals surface area (Å²) < 4.78 is 7.17. The van der Waals surface area contributed by atoms with Gasteiger partial charge in [-0.25, -0.2) is 0 Å². The molecule has 0 aliphatic rings. The van der Waals surface area contributed by atoms with Gasteiger partial charge in [0.1, 0.15) is 0 Å². The lowest BCUT2D eigenvalue weighted by molar-refractivity contribution is 1.18. The van der Waals surface area contributed by atoms with Gasteiger partial charge in [0.25, 0.3) is 0 Å². The number of aromatic nitrogens is 3. The van der Waals surface area contributed by atoms with Gasteiger partial charge in [-0.2, -0.15) is 0 Å². The van der Waals surface area contributed by atoms with Crippen LogP contribution in [0.4, 0.5) is 0 Å². The Balaban J connectivity index is 0.963. The average Bonchev–Trinajstić information content (AvgIpc) is 4.06. The Morgan fingerprint density at radius 3 is 0.800 bits per heavy atom.